The fourth-order valence-corrected chi connectivity index (χ4v) is 1.93. The second-order valence-electron chi connectivity index (χ2n) is 4.25. The molecule has 0 aromatic heterocycles. The first-order valence-electron chi connectivity index (χ1n) is 5.26. The molecule has 15 heavy (non-hydrogen) atoms. The van der Waals surface area contributed by atoms with Gasteiger partial charge in [-0.25, -0.2) is 4.79 Å². The van der Waals surface area contributed by atoms with E-state index in [0.29, 0.717) is 6.54 Å². The molecular formula is C12H16N2O. The molecule has 2 amide bonds. The third kappa shape index (κ3) is 1.69. The van der Waals surface area contributed by atoms with Crippen LogP contribution in [0.2, 0.25) is 0 Å². The number of anilines is 1. The quantitative estimate of drug-likeness (QED) is 0.748. The Bertz CT molecular complexity index is 399. The molecule has 0 bridgehead atoms. The van der Waals surface area contributed by atoms with Crippen molar-refractivity contribution in [3.8, 4) is 0 Å². The van der Waals surface area contributed by atoms with Crippen LogP contribution in [-0.4, -0.2) is 12.1 Å². The lowest BCUT2D eigenvalue weighted by Gasteiger charge is -2.33. The van der Waals surface area contributed by atoms with Gasteiger partial charge in [0.1, 0.15) is 0 Å². The number of benzene rings is 1. The first-order valence-corrected chi connectivity index (χ1v) is 5.26. The zero-order chi connectivity index (χ0) is 11.0. The number of carbonyl (C=O) groups excluding carboxylic acids is 1. The topological polar surface area (TPSA) is 32.3 Å². The van der Waals surface area contributed by atoms with Gasteiger partial charge in [0.15, 0.2) is 0 Å². The van der Waals surface area contributed by atoms with Crippen LogP contribution in [0.25, 0.3) is 0 Å². The molecule has 0 radical (unpaired) electrons. The van der Waals surface area contributed by atoms with Crippen molar-refractivity contribution in [1.29, 1.82) is 0 Å². The van der Waals surface area contributed by atoms with Gasteiger partial charge in [-0.3, -0.25) is 4.90 Å². The van der Waals surface area contributed by atoms with Crippen molar-refractivity contribution < 1.29 is 4.79 Å². The first kappa shape index (κ1) is 10.0. The highest BCUT2D eigenvalue weighted by molar-refractivity contribution is 5.95. The number of rotatable bonds is 1. The van der Waals surface area contributed by atoms with E-state index in [1.807, 2.05) is 25.7 Å². The van der Waals surface area contributed by atoms with E-state index in [-0.39, 0.29) is 12.1 Å². The standard InChI is InChI=1S/C12H16N2O/c1-8(2)14-11-6-9(3)4-5-10(11)7-13-12(14)15/h4-6,8H,7H2,1-3H3,(H,13,15). The first-order chi connectivity index (χ1) is 7.09. The molecule has 0 atom stereocenters. The van der Waals surface area contributed by atoms with Gasteiger partial charge < -0.3 is 5.32 Å². The Balaban J connectivity index is 2.50. The van der Waals surface area contributed by atoms with Gasteiger partial charge >= 0.3 is 6.03 Å². The number of hydrogen-bond donors (Lipinski definition) is 1. The van der Waals surface area contributed by atoms with Gasteiger partial charge in [-0.1, -0.05) is 12.1 Å². The maximum Gasteiger partial charge on any atom is 0.322 e. The lowest BCUT2D eigenvalue weighted by molar-refractivity contribution is 0.243. The predicted octanol–water partition coefficient (Wildman–Crippen LogP) is 2.43. The fourth-order valence-electron chi connectivity index (χ4n) is 1.93. The van der Waals surface area contributed by atoms with Gasteiger partial charge in [0.2, 0.25) is 0 Å². The molecule has 1 aliphatic heterocycles. The number of carbonyl (C=O) groups is 1. The van der Waals surface area contributed by atoms with Crippen molar-refractivity contribution in [2.24, 2.45) is 0 Å². The molecular weight excluding hydrogens is 188 g/mol. The third-order valence-corrected chi connectivity index (χ3v) is 2.67. The van der Waals surface area contributed by atoms with E-state index in [4.69, 9.17) is 0 Å². The van der Waals surface area contributed by atoms with Crippen molar-refractivity contribution in [3.05, 3.63) is 29.3 Å². The second kappa shape index (κ2) is 3.57. The summed E-state index contributed by atoms with van der Waals surface area (Å²) < 4.78 is 0. The Morgan fingerprint density at radius 2 is 2.13 bits per heavy atom. The van der Waals surface area contributed by atoms with E-state index in [2.05, 4.69) is 23.5 Å². The number of nitrogens with one attached hydrogen (secondary N) is 1. The zero-order valence-electron chi connectivity index (χ0n) is 9.37. The molecule has 1 N–H and O–H groups in total. The minimum absolute atomic E-state index is 0.00287. The number of fused-ring (bicyclic) bond motifs is 1. The van der Waals surface area contributed by atoms with E-state index in [9.17, 15) is 4.79 Å². The highest BCUT2D eigenvalue weighted by Crippen LogP contribution is 2.27. The van der Waals surface area contributed by atoms with Crippen molar-refractivity contribution in [1.82, 2.24) is 5.32 Å². The van der Waals surface area contributed by atoms with Crippen LogP contribution in [0.5, 0.6) is 0 Å². The summed E-state index contributed by atoms with van der Waals surface area (Å²) in [5.74, 6) is 0. The van der Waals surface area contributed by atoms with Crippen LogP contribution in [0.3, 0.4) is 0 Å². The molecule has 0 aliphatic carbocycles. The van der Waals surface area contributed by atoms with Gasteiger partial charge in [0.05, 0.1) is 5.69 Å². The highest BCUT2D eigenvalue weighted by atomic mass is 16.2. The number of hydrogen-bond acceptors (Lipinski definition) is 1. The van der Waals surface area contributed by atoms with Crippen LogP contribution in [0.4, 0.5) is 10.5 Å². The molecule has 1 aliphatic rings. The number of urea groups is 1. The summed E-state index contributed by atoms with van der Waals surface area (Å²) >= 11 is 0. The Kier molecular flexibility index (Phi) is 2.39. The van der Waals surface area contributed by atoms with Crippen molar-refractivity contribution >= 4 is 11.7 Å². The lowest BCUT2D eigenvalue weighted by Crippen LogP contribution is -2.47. The predicted molar refractivity (Wildman–Crippen MR) is 61.0 cm³/mol. The number of nitrogens with zero attached hydrogens (tertiary/aromatic N) is 1. The summed E-state index contributed by atoms with van der Waals surface area (Å²) in [5, 5.41) is 2.88. The summed E-state index contributed by atoms with van der Waals surface area (Å²) in [6.45, 7) is 6.73. The average molecular weight is 204 g/mol. The molecule has 0 fully saturated rings. The summed E-state index contributed by atoms with van der Waals surface area (Å²) in [6.07, 6.45) is 0. The number of amides is 2. The third-order valence-electron chi connectivity index (χ3n) is 2.67. The summed E-state index contributed by atoms with van der Waals surface area (Å²) in [7, 11) is 0. The Hall–Kier alpha value is -1.51. The molecule has 3 nitrogen and oxygen atoms in total. The Morgan fingerprint density at radius 1 is 1.40 bits per heavy atom. The summed E-state index contributed by atoms with van der Waals surface area (Å²) in [6, 6.07) is 6.43. The van der Waals surface area contributed by atoms with Gasteiger partial charge in [0.25, 0.3) is 0 Å². The lowest BCUT2D eigenvalue weighted by atomic mass is 10.1. The second-order valence-corrected chi connectivity index (χ2v) is 4.25. The van der Waals surface area contributed by atoms with E-state index in [1.165, 1.54) is 11.1 Å². The van der Waals surface area contributed by atoms with E-state index in [1.54, 1.807) is 0 Å². The maximum atomic E-state index is 11.7. The largest absolute Gasteiger partial charge is 0.334 e. The molecule has 80 valence electrons. The minimum Gasteiger partial charge on any atom is -0.334 e. The Labute approximate surface area is 90.1 Å². The van der Waals surface area contributed by atoms with Gasteiger partial charge in [-0.05, 0) is 38.0 Å². The van der Waals surface area contributed by atoms with Gasteiger partial charge in [0, 0.05) is 12.6 Å². The highest BCUT2D eigenvalue weighted by Gasteiger charge is 2.25. The molecule has 3 heteroatoms. The zero-order valence-corrected chi connectivity index (χ0v) is 9.37. The van der Waals surface area contributed by atoms with E-state index >= 15 is 0 Å². The molecule has 0 spiro atoms. The van der Waals surface area contributed by atoms with Crippen LogP contribution in [0.1, 0.15) is 25.0 Å². The van der Waals surface area contributed by atoms with E-state index in [0.717, 1.165) is 5.69 Å². The molecule has 1 aromatic rings. The Morgan fingerprint density at radius 3 is 2.80 bits per heavy atom. The normalized spacial score (nSPS) is 15.2. The monoisotopic (exact) mass is 204 g/mol. The minimum atomic E-state index is 0.00287. The smallest absolute Gasteiger partial charge is 0.322 e. The van der Waals surface area contributed by atoms with Crippen molar-refractivity contribution in [2.75, 3.05) is 4.90 Å². The van der Waals surface area contributed by atoms with Gasteiger partial charge in [-0.15, -0.1) is 0 Å². The average Bonchev–Trinajstić information content (AvgIpc) is 2.16. The van der Waals surface area contributed by atoms with Crippen molar-refractivity contribution in [2.45, 2.75) is 33.4 Å². The van der Waals surface area contributed by atoms with Crippen LogP contribution in [0.15, 0.2) is 18.2 Å². The molecule has 0 unspecified atom stereocenters. The summed E-state index contributed by atoms with van der Waals surface area (Å²) in [4.78, 5) is 13.5. The van der Waals surface area contributed by atoms with Crippen molar-refractivity contribution in [3.63, 3.8) is 0 Å². The maximum absolute atomic E-state index is 11.7. The van der Waals surface area contributed by atoms with Crippen LogP contribution in [0, 0.1) is 6.92 Å². The van der Waals surface area contributed by atoms with Crippen LogP contribution >= 0.6 is 0 Å². The van der Waals surface area contributed by atoms with Crippen LogP contribution in [-0.2, 0) is 6.54 Å². The van der Waals surface area contributed by atoms with Crippen LogP contribution < -0.4 is 10.2 Å². The molecule has 1 heterocycles. The van der Waals surface area contributed by atoms with E-state index < -0.39 is 0 Å². The molecule has 0 saturated heterocycles. The SMILES string of the molecule is Cc1ccc2c(c1)N(C(C)C)C(=O)NC2. The molecule has 0 saturated carbocycles. The summed E-state index contributed by atoms with van der Waals surface area (Å²) in [5.41, 5.74) is 3.43. The molecule has 1 aromatic carbocycles. The number of aryl methyl sites for hydroxylation is 1. The fraction of sp³-hybridized carbons (Fsp3) is 0.417. The molecule has 2 rings (SSSR count). The van der Waals surface area contributed by atoms with Gasteiger partial charge in [-0.2, -0.15) is 0 Å².